The first-order chi connectivity index (χ1) is 4.79. The molecule has 2 rings (SSSR count). The first-order valence-corrected chi connectivity index (χ1v) is 5.27. The van der Waals surface area contributed by atoms with Crippen LogP contribution in [0.4, 0.5) is 0 Å². The third-order valence-corrected chi connectivity index (χ3v) is 3.73. The van der Waals surface area contributed by atoms with Gasteiger partial charge in [0.05, 0.1) is 0 Å². The summed E-state index contributed by atoms with van der Waals surface area (Å²) in [4.78, 5) is 21.9. The topological polar surface area (TPSA) is 34.1 Å². The molecule has 0 fully saturated rings. The van der Waals surface area contributed by atoms with Gasteiger partial charge in [0.15, 0.2) is 0 Å². The first-order valence-electron chi connectivity index (χ1n) is 2.62. The average Bonchev–Trinajstić information content (AvgIpc) is 2.39. The van der Waals surface area contributed by atoms with Gasteiger partial charge in [-0.05, 0) is 0 Å². The van der Waals surface area contributed by atoms with Crippen LogP contribution in [-0.4, -0.2) is 24.3 Å². The molecule has 0 aromatic carbocycles. The molecular formula is C6H2O2SSe. The first kappa shape index (κ1) is 6.28. The van der Waals surface area contributed by atoms with Crippen molar-refractivity contribution in [2.75, 3.05) is 0 Å². The normalized spacial score (nSPS) is 16.0. The fraction of sp³-hybridized carbons (Fsp3) is 0. The zero-order valence-corrected chi connectivity index (χ0v) is 7.32. The quantitative estimate of drug-likeness (QED) is 0.601. The monoisotopic (exact) mass is 218 g/mol. The molecule has 1 aliphatic rings. The van der Waals surface area contributed by atoms with Crippen molar-refractivity contribution >= 4 is 35.7 Å². The Morgan fingerprint density at radius 2 is 1.60 bits per heavy atom. The van der Waals surface area contributed by atoms with Crippen LogP contribution in [0.2, 0.25) is 0 Å². The standard InChI is InChI=1S/C6H2O2SSe/c7-5-3-1-9-2-4(3)6(8)10-5/h1-2H. The molecule has 1 aromatic rings. The summed E-state index contributed by atoms with van der Waals surface area (Å²) in [5.41, 5.74) is 1.30. The number of hydrogen-bond donors (Lipinski definition) is 0. The van der Waals surface area contributed by atoms with Crippen molar-refractivity contribution in [2.24, 2.45) is 0 Å². The van der Waals surface area contributed by atoms with Crippen LogP contribution in [0.5, 0.6) is 0 Å². The van der Waals surface area contributed by atoms with Crippen molar-refractivity contribution in [3.05, 3.63) is 21.9 Å². The van der Waals surface area contributed by atoms with Crippen molar-refractivity contribution in [1.29, 1.82) is 0 Å². The molecule has 10 heavy (non-hydrogen) atoms. The van der Waals surface area contributed by atoms with Crippen molar-refractivity contribution < 1.29 is 9.59 Å². The van der Waals surface area contributed by atoms with Gasteiger partial charge in [0.1, 0.15) is 0 Å². The van der Waals surface area contributed by atoms with Gasteiger partial charge < -0.3 is 0 Å². The van der Waals surface area contributed by atoms with E-state index in [2.05, 4.69) is 0 Å². The van der Waals surface area contributed by atoms with Crippen molar-refractivity contribution in [3.8, 4) is 0 Å². The molecule has 0 N–H and O–H groups in total. The minimum absolute atomic E-state index is 0.0359. The maximum atomic E-state index is 11.0. The Morgan fingerprint density at radius 3 is 2.10 bits per heavy atom. The Hall–Kier alpha value is -0.441. The molecule has 1 aliphatic heterocycles. The summed E-state index contributed by atoms with van der Waals surface area (Å²) in [6.07, 6.45) is 0. The Morgan fingerprint density at radius 1 is 1.10 bits per heavy atom. The average molecular weight is 217 g/mol. The van der Waals surface area contributed by atoms with Crippen LogP contribution < -0.4 is 0 Å². The van der Waals surface area contributed by atoms with Crippen molar-refractivity contribution in [1.82, 2.24) is 0 Å². The van der Waals surface area contributed by atoms with Crippen LogP contribution >= 0.6 is 11.3 Å². The van der Waals surface area contributed by atoms with Crippen LogP contribution in [0.1, 0.15) is 20.7 Å². The fourth-order valence-corrected chi connectivity index (χ4v) is 3.48. The second-order valence-electron chi connectivity index (χ2n) is 1.88. The Bertz CT molecular complexity index is 287. The molecule has 0 spiro atoms. The summed E-state index contributed by atoms with van der Waals surface area (Å²) in [7, 11) is 0. The van der Waals surface area contributed by atoms with E-state index in [4.69, 9.17) is 0 Å². The molecule has 4 heteroatoms. The van der Waals surface area contributed by atoms with Crippen LogP contribution in [0.25, 0.3) is 0 Å². The molecule has 2 heterocycles. The number of rotatable bonds is 0. The van der Waals surface area contributed by atoms with Gasteiger partial charge in [-0.2, -0.15) is 0 Å². The number of carbonyl (C=O) groups excluding carboxylic acids is 2. The molecule has 2 nitrogen and oxygen atoms in total. The second kappa shape index (κ2) is 2.02. The van der Waals surface area contributed by atoms with E-state index in [0.717, 1.165) is 0 Å². The Labute approximate surface area is 67.4 Å². The van der Waals surface area contributed by atoms with Crippen molar-refractivity contribution in [2.45, 2.75) is 0 Å². The third kappa shape index (κ3) is 0.700. The van der Waals surface area contributed by atoms with E-state index < -0.39 is 15.0 Å². The molecular weight excluding hydrogens is 215 g/mol. The third-order valence-electron chi connectivity index (χ3n) is 1.29. The van der Waals surface area contributed by atoms with E-state index in [1.165, 1.54) is 11.3 Å². The summed E-state index contributed by atoms with van der Waals surface area (Å²) in [6, 6.07) is 0. The van der Waals surface area contributed by atoms with E-state index in [1.54, 1.807) is 10.8 Å². The summed E-state index contributed by atoms with van der Waals surface area (Å²) in [5.74, 6) is 0. The maximum absolute atomic E-state index is 11.0. The van der Waals surface area contributed by atoms with Gasteiger partial charge in [-0.15, -0.1) is 0 Å². The molecule has 0 amide bonds. The molecule has 0 bridgehead atoms. The molecule has 0 saturated carbocycles. The van der Waals surface area contributed by atoms with Gasteiger partial charge in [0.2, 0.25) is 0 Å². The van der Waals surface area contributed by atoms with Crippen molar-refractivity contribution in [3.63, 3.8) is 0 Å². The predicted molar refractivity (Wildman–Crippen MR) is 38.7 cm³/mol. The van der Waals surface area contributed by atoms with E-state index in [-0.39, 0.29) is 9.36 Å². The van der Waals surface area contributed by atoms with Crippen LogP contribution in [0, 0.1) is 0 Å². The summed E-state index contributed by atoms with van der Waals surface area (Å²) >= 11 is 0.972. The summed E-state index contributed by atoms with van der Waals surface area (Å²) < 4.78 is 0.0718. The molecule has 50 valence electrons. The summed E-state index contributed by atoms with van der Waals surface area (Å²) in [5, 5.41) is 3.51. The van der Waals surface area contributed by atoms with Gasteiger partial charge in [0.25, 0.3) is 0 Å². The molecule has 0 radical (unpaired) electrons. The van der Waals surface area contributed by atoms with E-state index in [1.807, 2.05) is 0 Å². The zero-order valence-electron chi connectivity index (χ0n) is 4.79. The number of hydrogen-bond acceptors (Lipinski definition) is 3. The fourth-order valence-electron chi connectivity index (χ4n) is 0.807. The van der Waals surface area contributed by atoms with Crippen LogP contribution in [-0.2, 0) is 0 Å². The predicted octanol–water partition coefficient (Wildman–Crippen LogP) is 0.746. The Kier molecular flexibility index (Phi) is 1.27. The molecule has 0 unspecified atom stereocenters. The van der Waals surface area contributed by atoms with Crippen LogP contribution in [0.15, 0.2) is 10.8 Å². The number of carbonyl (C=O) groups is 2. The number of thiophene rings is 1. The molecule has 0 saturated heterocycles. The van der Waals surface area contributed by atoms with Gasteiger partial charge >= 0.3 is 67.1 Å². The van der Waals surface area contributed by atoms with Gasteiger partial charge in [-0.1, -0.05) is 0 Å². The zero-order chi connectivity index (χ0) is 7.14. The SMILES string of the molecule is O=C1[Se]C(=O)c2cscc21. The van der Waals surface area contributed by atoms with Gasteiger partial charge in [-0.25, -0.2) is 0 Å². The van der Waals surface area contributed by atoms with E-state index in [9.17, 15) is 9.59 Å². The Balaban J connectivity index is 2.69. The molecule has 0 aliphatic carbocycles. The van der Waals surface area contributed by atoms with Crippen LogP contribution in [0.3, 0.4) is 0 Å². The van der Waals surface area contributed by atoms with Gasteiger partial charge in [0, 0.05) is 0 Å². The second-order valence-corrected chi connectivity index (χ2v) is 4.60. The molecule has 1 aromatic heterocycles. The number of fused-ring (bicyclic) bond motifs is 1. The summed E-state index contributed by atoms with van der Waals surface area (Å²) in [6.45, 7) is 0. The van der Waals surface area contributed by atoms with Gasteiger partial charge in [-0.3, -0.25) is 0 Å². The molecule has 0 atom stereocenters. The van der Waals surface area contributed by atoms with E-state index in [0.29, 0.717) is 11.1 Å². The minimum atomic E-state index is -0.446. The van der Waals surface area contributed by atoms with E-state index >= 15 is 0 Å².